The van der Waals surface area contributed by atoms with Gasteiger partial charge in [-0.05, 0) is 23.6 Å². The Morgan fingerprint density at radius 1 is 0.850 bits per heavy atom. The summed E-state index contributed by atoms with van der Waals surface area (Å²) >= 11 is 0. The van der Waals surface area contributed by atoms with E-state index >= 15 is 0 Å². The monoisotopic (exact) mass is 260 g/mol. The molecule has 0 spiro atoms. The fraction of sp³-hybridized carbons (Fsp3) is 0. The molecule has 2 aromatic heterocycles. The number of nitrogens with zero attached hydrogens (tertiary/aromatic N) is 1. The van der Waals surface area contributed by atoms with Crippen LogP contribution >= 0.6 is 0 Å². The van der Waals surface area contributed by atoms with Crippen molar-refractivity contribution >= 4 is 21.8 Å². The van der Waals surface area contributed by atoms with Crippen molar-refractivity contribution in [3.8, 4) is 5.69 Å². The van der Waals surface area contributed by atoms with E-state index in [-0.39, 0.29) is 5.56 Å². The van der Waals surface area contributed by atoms with Crippen LogP contribution in [0.1, 0.15) is 0 Å². The molecule has 0 aliphatic heterocycles. The van der Waals surface area contributed by atoms with E-state index in [1.807, 2.05) is 60.8 Å². The second kappa shape index (κ2) is 4.10. The van der Waals surface area contributed by atoms with Gasteiger partial charge in [0.25, 0.3) is 5.56 Å². The first-order valence-corrected chi connectivity index (χ1v) is 6.52. The third kappa shape index (κ3) is 1.50. The lowest BCUT2D eigenvalue weighted by atomic mass is 10.2. The number of hydrogen-bond donors (Lipinski definition) is 1. The first kappa shape index (κ1) is 11.1. The first-order chi connectivity index (χ1) is 9.84. The quantitative estimate of drug-likeness (QED) is 0.559. The molecular formula is C17H12N2O. The fourth-order valence-corrected chi connectivity index (χ4v) is 2.68. The van der Waals surface area contributed by atoms with Gasteiger partial charge < -0.3 is 4.98 Å². The van der Waals surface area contributed by atoms with Gasteiger partial charge in [-0.25, -0.2) is 0 Å². The minimum Gasteiger partial charge on any atom is -0.359 e. The number of rotatable bonds is 1. The molecule has 96 valence electrons. The highest BCUT2D eigenvalue weighted by molar-refractivity contribution is 5.91. The van der Waals surface area contributed by atoms with Crippen LogP contribution in [0.25, 0.3) is 27.5 Å². The van der Waals surface area contributed by atoms with Crippen molar-refractivity contribution in [2.45, 2.75) is 0 Å². The Labute approximate surface area is 115 Å². The average Bonchev–Trinajstić information content (AvgIpc) is 2.91. The first-order valence-electron chi connectivity index (χ1n) is 6.52. The van der Waals surface area contributed by atoms with Gasteiger partial charge in [-0.15, -0.1) is 0 Å². The summed E-state index contributed by atoms with van der Waals surface area (Å²) in [7, 11) is 0. The van der Waals surface area contributed by atoms with Crippen molar-refractivity contribution in [1.82, 2.24) is 9.55 Å². The van der Waals surface area contributed by atoms with Gasteiger partial charge >= 0.3 is 0 Å². The van der Waals surface area contributed by atoms with Crippen molar-refractivity contribution in [2.75, 3.05) is 0 Å². The number of fused-ring (bicyclic) bond motifs is 2. The van der Waals surface area contributed by atoms with Crippen molar-refractivity contribution in [2.24, 2.45) is 0 Å². The number of nitrogens with one attached hydrogen (secondary N) is 1. The molecule has 0 saturated carbocycles. The molecule has 0 aliphatic carbocycles. The molecule has 3 nitrogen and oxygen atoms in total. The molecule has 4 rings (SSSR count). The SMILES string of the molecule is O=c1ccc2ccccc2n1-c1c[nH]c2ccccc12. The maximum Gasteiger partial charge on any atom is 0.255 e. The molecule has 0 unspecified atom stereocenters. The van der Waals surface area contributed by atoms with Gasteiger partial charge in [0.05, 0.1) is 11.2 Å². The Hall–Kier alpha value is -2.81. The summed E-state index contributed by atoms with van der Waals surface area (Å²) in [6, 6.07) is 19.4. The minimum absolute atomic E-state index is 0.0200. The van der Waals surface area contributed by atoms with E-state index in [0.717, 1.165) is 27.5 Å². The lowest BCUT2D eigenvalue weighted by Gasteiger charge is -2.08. The van der Waals surface area contributed by atoms with Gasteiger partial charge in [0.1, 0.15) is 0 Å². The Balaban J connectivity index is 2.17. The van der Waals surface area contributed by atoms with E-state index in [9.17, 15) is 4.79 Å². The van der Waals surface area contributed by atoms with E-state index in [0.29, 0.717) is 0 Å². The zero-order valence-electron chi connectivity index (χ0n) is 10.7. The Bertz CT molecular complexity index is 979. The standard InChI is InChI=1S/C17H12N2O/c20-17-10-9-12-5-1-4-8-15(12)19(17)16-11-18-14-7-3-2-6-13(14)16/h1-11,18H. The van der Waals surface area contributed by atoms with Gasteiger partial charge in [-0.3, -0.25) is 9.36 Å². The maximum absolute atomic E-state index is 12.3. The maximum atomic E-state index is 12.3. The van der Waals surface area contributed by atoms with Crippen molar-refractivity contribution in [3.05, 3.63) is 77.2 Å². The van der Waals surface area contributed by atoms with Crippen LogP contribution in [0.4, 0.5) is 0 Å². The van der Waals surface area contributed by atoms with Crippen LogP contribution in [0, 0.1) is 0 Å². The van der Waals surface area contributed by atoms with Crippen LogP contribution in [0.5, 0.6) is 0 Å². The van der Waals surface area contributed by atoms with Crippen LogP contribution in [0.3, 0.4) is 0 Å². The second-order valence-electron chi connectivity index (χ2n) is 4.79. The summed E-state index contributed by atoms with van der Waals surface area (Å²) in [5.74, 6) is 0. The summed E-state index contributed by atoms with van der Waals surface area (Å²) in [4.78, 5) is 15.5. The van der Waals surface area contributed by atoms with Crippen molar-refractivity contribution in [1.29, 1.82) is 0 Å². The molecule has 0 bridgehead atoms. The van der Waals surface area contributed by atoms with Gasteiger partial charge in [0, 0.05) is 23.2 Å². The third-order valence-corrected chi connectivity index (χ3v) is 3.61. The van der Waals surface area contributed by atoms with E-state index in [4.69, 9.17) is 0 Å². The Kier molecular flexibility index (Phi) is 2.27. The highest BCUT2D eigenvalue weighted by atomic mass is 16.1. The lowest BCUT2D eigenvalue weighted by Crippen LogP contribution is -2.16. The fourth-order valence-electron chi connectivity index (χ4n) is 2.68. The minimum atomic E-state index is -0.0200. The predicted octanol–water partition coefficient (Wildman–Crippen LogP) is 3.47. The molecule has 0 fully saturated rings. The number of hydrogen-bond acceptors (Lipinski definition) is 1. The van der Waals surface area contributed by atoms with Crippen LogP contribution in [-0.4, -0.2) is 9.55 Å². The second-order valence-corrected chi connectivity index (χ2v) is 4.79. The number of benzene rings is 2. The Morgan fingerprint density at radius 3 is 2.60 bits per heavy atom. The number of para-hydroxylation sites is 2. The zero-order chi connectivity index (χ0) is 13.5. The van der Waals surface area contributed by atoms with E-state index in [1.165, 1.54) is 0 Å². The molecule has 0 amide bonds. The highest BCUT2D eigenvalue weighted by Gasteiger charge is 2.09. The highest BCUT2D eigenvalue weighted by Crippen LogP contribution is 2.23. The van der Waals surface area contributed by atoms with Crippen LogP contribution in [0.2, 0.25) is 0 Å². The van der Waals surface area contributed by atoms with Crippen LogP contribution < -0.4 is 5.56 Å². The normalized spacial score (nSPS) is 11.2. The molecule has 2 heterocycles. The third-order valence-electron chi connectivity index (χ3n) is 3.61. The summed E-state index contributed by atoms with van der Waals surface area (Å²) in [6.45, 7) is 0. The van der Waals surface area contributed by atoms with Gasteiger partial charge in [0.2, 0.25) is 0 Å². The molecule has 0 atom stereocenters. The Morgan fingerprint density at radius 2 is 1.65 bits per heavy atom. The molecular weight excluding hydrogens is 248 g/mol. The average molecular weight is 260 g/mol. The lowest BCUT2D eigenvalue weighted by molar-refractivity contribution is 1.05. The number of H-pyrrole nitrogens is 1. The molecule has 1 N–H and O–H groups in total. The topological polar surface area (TPSA) is 37.8 Å². The zero-order valence-corrected chi connectivity index (χ0v) is 10.7. The number of aromatic nitrogens is 2. The van der Waals surface area contributed by atoms with Gasteiger partial charge in [-0.2, -0.15) is 0 Å². The molecule has 2 aromatic carbocycles. The predicted molar refractivity (Wildman–Crippen MR) is 81.4 cm³/mol. The summed E-state index contributed by atoms with van der Waals surface area (Å²) < 4.78 is 1.76. The summed E-state index contributed by atoms with van der Waals surface area (Å²) in [5.41, 5.74) is 2.82. The number of pyridine rings is 1. The van der Waals surface area contributed by atoms with Crippen molar-refractivity contribution < 1.29 is 0 Å². The van der Waals surface area contributed by atoms with E-state index < -0.39 is 0 Å². The number of aromatic amines is 1. The molecule has 3 heteroatoms. The van der Waals surface area contributed by atoms with Crippen molar-refractivity contribution in [3.63, 3.8) is 0 Å². The molecule has 0 aliphatic rings. The molecule has 20 heavy (non-hydrogen) atoms. The largest absolute Gasteiger partial charge is 0.359 e. The molecule has 4 aromatic rings. The van der Waals surface area contributed by atoms with E-state index in [2.05, 4.69) is 4.98 Å². The van der Waals surface area contributed by atoms with E-state index in [1.54, 1.807) is 10.6 Å². The summed E-state index contributed by atoms with van der Waals surface area (Å²) in [6.07, 6.45) is 1.89. The van der Waals surface area contributed by atoms with Crippen LogP contribution in [0.15, 0.2) is 71.7 Å². The van der Waals surface area contributed by atoms with Gasteiger partial charge in [0.15, 0.2) is 0 Å². The van der Waals surface area contributed by atoms with Gasteiger partial charge in [-0.1, -0.05) is 36.4 Å². The molecule has 0 radical (unpaired) electrons. The smallest absolute Gasteiger partial charge is 0.255 e. The summed E-state index contributed by atoms with van der Waals surface area (Å²) in [5, 5.41) is 2.10. The molecule has 0 saturated heterocycles. The van der Waals surface area contributed by atoms with Crippen LogP contribution in [-0.2, 0) is 0 Å².